The van der Waals surface area contributed by atoms with E-state index in [0.717, 1.165) is 18.4 Å². The Hall–Kier alpha value is -4.66. The highest BCUT2D eigenvalue weighted by molar-refractivity contribution is 5.56. The van der Waals surface area contributed by atoms with Crippen LogP contribution < -0.4 is 26.0 Å². The Balaban J connectivity index is 1.64. The second-order valence-electron chi connectivity index (χ2n) is 7.41. The monoisotopic (exact) mass is 446 g/mol. The third-order valence-corrected chi connectivity index (χ3v) is 4.95. The number of fused-ring (bicyclic) bond motifs is 1. The van der Waals surface area contributed by atoms with E-state index in [2.05, 4.69) is 36.1 Å². The maximum atomic E-state index is 11.5. The van der Waals surface area contributed by atoms with Gasteiger partial charge in [0.2, 0.25) is 5.88 Å². The van der Waals surface area contributed by atoms with Crippen LogP contribution in [-0.2, 0) is 6.42 Å². The first kappa shape index (κ1) is 20.3. The molecule has 12 heteroatoms. The van der Waals surface area contributed by atoms with Crippen LogP contribution in [0.4, 0.5) is 0 Å². The Morgan fingerprint density at radius 1 is 1.33 bits per heavy atom. The molecule has 12 nitrogen and oxygen atoms in total. The molecule has 0 spiro atoms. The molecule has 1 aliphatic carbocycles. The second-order valence-corrected chi connectivity index (χ2v) is 7.41. The van der Waals surface area contributed by atoms with Crippen molar-refractivity contribution in [1.82, 2.24) is 29.5 Å². The maximum Gasteiger partial charge on any atom is 0.327 e. The van der Waals surface area contributed by atoms with Crippen molar-refractivity contribution in [2.45, 2.75) is 25.3 Å². The van der Waals surface area contributed by atoms with E-state index in [1.807, 2.05) is 0 Å². The average molecular weight is 446 g/mol. The first-order valence-corrected chi connectivity index (χ1v) is 10.1. The number of nitrogens with zero attached hydrogens (tertiary/aromatic N) is 6. The zero-order chi connectivity index (χ0) is 22.9. The lowest BCUT2D eigenvalue weighted by molar-refractivity contribution is 0.366. The van der Waals surface area contributed by atoms with Crippen molar-refractivity contribution in [3.8, 4) is 29.5 Å². The van der Waals surface area contributed by atoms with Gasteiger partial charge < -0.3 is 19.6 Å². The van der Waals surface area contributed by atoms with Crippen molar-refractivity contribution in [2.24, 2.45) is 4.99 Å². The Morgan fingerprint density at radius 2 is 2.18 bits per heavy atom. The fourth-order valence-electron chi connectivity index (χ4n) is 3.20. The summed E-state index contributed by atoms with van der Waals surface area (Å²) >= 11 is 0. The minimum absolute atomic E-state index is 0.0233. The van der Waals surface area contributed by atoms with Gasteiger partial charge in [-0.05, 0) is 36.6 Å². The number of ether oxygens (including phenoxy) is 2. The van der Waals surface area contributed by atoms with Crippen molar-refractivity contribution in [3.63, 3.8) is 0 Å². The summed E-state index contributed by atoms with van der Waals surface area (Å²) in [5, 5.41) is 23.6. The maximum absolute atomic E-state index is 11.5. The van der Waals surface area contributed by atoms with E-state index in [9.17, 15) is 9.90 Å². The molecule has 5 rings (SSSR count). The summed E-state index contributed by atoms with van der Waals surface area (Å²) in [6.07, 6.45) is 5.24. The van der Waals surface area contributed by atoms with Crippen molar-refractivity contribution in [1.29, 1.82) is 5.26 Å². The van der Waals surface area contributed by atoms with Gasteiger partial charge in [0.1, 0.15) is 5.69 Å². The van der Waals surface area contributed by atoms with Crippen molar-refractivity contribution >= 4 is 11.7 Å². The fourth-order valence-corrected chi connectivity index (χ4v) is 3.20. The van der Waals surface area contributed by atoms with Gasteiger partial charge in [0.05, 0.1) is 31.8 Å². The molecular formula is C21H18N8O4. The highest BCUT2D eigenvalue weighted by Gasteiger charge is 2.21. The summed E-state index contributed by atoms with van der Waals surface area (Å²) in [7, 11) is 1.50. The molecule has 4 aromatic rings. The van der Waals surface area contributed by atoms with Crippen LogP contribution in [0.5, 0.6) is 23.4 Å². The molecule has 0 saturated heterocycles. The van der Waals surface area contributed by atoms with Crippen LogP contribution in [0.2, 0.25) is 0 Å². The molecule has 33 heavy (non-hydrogen) atoms. The number of nitriles is 1. The summed E-state index contributed by atoms with van der Waals surface area (Å²) in [5.41, 5.74) is 1.14. The topological polar surface area (TPSA) is 167 Å². The molecule has 166 valence electrons. The van der Waals surface area contributed by atoms with Gasteiger partial charge in [-0.15, -0.1) is 0 Å². The van der Waals surface area contributed by atoms with Gasteiger partial charge in [0.15, 0.2) is 17.1 Å². The summed E-state index contributed by atoms with van der Waals surface area (Å²) in [5.74, 6) is 0.510. The minimum Gasteiger partial charge on any atom is -0.493 e. The predicted molar refractivity (Wildman–Crippen MR) is 114 cm³/mol. The van der Waals surface area contributed by atoms with Gasteiger partial charge in [-0.1, -0.05) is 6.07 Å². The third kappa shape index (κ3) is 4.11. The normalized spacial score (nSPS) is 14.5. The van der Waals surface area contributed by atoms with Gasteiger partial charge >= 0.3 is 11.7 Å². The minimum atomic E-state index is -0.537. The van der Waals surface area contributed by atoms with E-state index in [4.69, 9.17) is 14.7 Å². The Kier molecular flexibility index (Phi) is 4.98. The summed E-state index contributed by atoms with van der Waals surface area (Å²) < 4.78 is 12.8. The van der Waals surface area contributed by atoms with Gasteiger partial charge in [0, 0.05) is 5.22 Å². The highest BCUT2D eigenvalue weighted by Crippen LogP contribution is 2.31. The van der Waals surface area contributed by atoms with Gasteiger partial charge in [-0.2, -0.15) is 24.8 Å². The van der Waals surface area contributed by atoms with Crippen molar-refractivity contribution in [3.05, 3.63) is 57.0 Å². The Bertz CT molecular complexity index is 1570. The number of hydrogen-bond donors (Lipinski definition) is 3. The van der Waals surface area contributed by atoms with Crippen LogP contribution in [0, 0.1) is 11.3 Å². The average Bonchev–Trinajstić information content (AvgIpc) is 3.43. The lowest BCUT2D eigenvalue weighted by Crippen LogP contribution is -2.23. The molecule has 3 heterocycles. The molecule has 0 unspecified atom stereocenters. The Morgan fingerprint density at radius 3 is 2.88 bits per heavy atom. The largest absolute Gasteiger partial charge is 0.493 e. The lowest BCUT2D eigenvalue weighted by Gasteiger charge is -2.10. The number of aromatic amines is 2. The van der Waals surface area contributed by atoms with Crippen molar-refractivity contribution in [2.75, 3.05) is 7.11 Å². The zero-order valence-corrected chi connectivity index (χ0v) is 17.4. The van der Waals surface area contributed by atoms with E-state index < -0.39 is 5.69 Å². The number of methoxy groups -OCH3 is 1. The van der Waals surface area contributed by atoms with Gasteiger partial charge in [-0.3, -0.25) is 4.98 Å². The molecular weight excluding hydrogens is 428 g/mol. The van der Waals surface area contributed by atoms with E-state index in [1.54, 1.807) is 18.2 Å². The summed E-state index contributed by atoms with van der Waals surface area (Å²) in [6.45, 7) is 0. The molecule has 0 bridgehead atoms. The van der Waals surface area contributed by atoms with Crippen LogP contribution in [0.25, 0.3) is 11.7 Å². The highest BCUT2D eigenvalue weighted by atomic mass is 16.5. The molecule has 0 radical (unpaired) electrons. The van der Waals surface area contributed by atoms with E-state index >= 15 is 0 Å². The van der Waals surface area contributed by atoms with Gasteiger partial charge in [-0.25, -0.2) is 9.79 Å². The number of imidazole rings is 1. The number of nitrogens with one attached hydrogen (secondary N) is 2. The Labute approximate surface area is 185 Å². The molecule has 3 aromatic heterocycles. The van der Waals surface area contributed by atoms with E-state index in [0.29, 0.717) is 28.0 Å². The number of H-pyrrole nitrogens is 2. The fraction of sp³-hybridized carbons (Fsp3) is 0.238. The van der Waals surface area contributed by atoms with Crippen LogP contribution >= 0.6 is 0 Å². The van der Waals surface area contributed by atoms with Crippen LogP contribution in [0.15, 0.2) is 34.2 Å². The van der Waals surface area contributed by atoms with Crippen LogP contribution in [-0.4, -0.2) is 47.8 Å². The molecule has 1 aromatic carbocycles. The summed E-state index contributed by atoms with van der Waals surface area (Å²) in [4.78, 5) is 29.7. The standard InChI is InChI=1S/C21H18N8O4/c1-32-16-8-11(6-7-22)2-5-15(16)33-21-26-17-12(9-14-18(30)27-20(31)25-14)10-23-29(17)19(28-21)24-13-3-4-13/h2,5,8-10,13,30H,3-4,6H2,1H3,(H2,25,27,31). The summed E-state index contributed by atoms with van der Waals surface area (Å²) in [6, 6.07) is 7.45. The smallest absolute Gasteiger partial charge is 0.327 e. The predicted octanol–water partition coefficient (Wildman–Crippen LogP) is 0.324. The van der Waals surface area contributed by atoms with Gasteiger partial charge in [0.25, 0.3) is 5.62 Å². The number of aromatic hydroxyl groups is 1. The molecule has 3 N–H and O–H groups in total. The molecule has 1 fully saturated rings. The van der Waals surface area contributed by atoms with E-state index in [1.165, 1.54) is 23.9 Å². The number of benzene rings is 1. The van der Waals surface area contributed by atoms with E-state index in [-0.39, 0.29) is 30.0 Å². The molecule has 0 atom stereocenters. The lowest BCUT2D eigenvalue weighted by atomic mass is 10.1. The van der Waals surface area contributed by atoms with Crippen molar-refractivity contribution < 1.29 is 14.6 Å². The molecule has 0 amide bonds. The SMILES string of the molecule is COc1cc(CC#N)ccc1Oc1nc(=NC2CC2)n2ncc(=Cc3[nH]c(=O)[nH]c3O)c2n1. The van der Waals surface area contributed by atoms with Crippen LogP contribution in [0.1, 0.15) is 24.1 Å². The molecule has 1 saturated carbocycles. The second kappa shape index (κ2) is 8.12. The zero-order valence-electron chi connectivity index (χ0n) is 17.4. The molecule has 0 aliphatic heterocycles. The first-order chi connectivity index (χ1) is 16.0. The van der Waals surface area contributed by atoms with Crippen LogP contribution in [0.3, 0.4) is 0 Å². The third-order valence-electron chi connectivity index (χ3n) is 4.95. The quantitative estimate of drug-likeness (QED) is 0.381. The number of aromatic nitrogens is 6. The number of rotatable bonds is 6. The number of hydrogen-bond acceptors (Lipinski definition) is 9. The molecule has 1 aliphatic rings. The first-order valence-electron chi connectivity index (χ1n) is 10.1.